The Kier molecular flexibility index (Phi) is 6.68. The highest BCUT2D eigenvalue weighted by Gasteiger charge is 2.19. The molecule has 0 aliphatic rings. The van der Waals surface area contributed by atoms with E-state index in [1.54, 1.807) is 44.6 Å². The van der Waals surface area contributed by atoms with E-state index in [9.17, 15) is 13.2 Å². The topological polar surface area (TPSA) is 93.7 Å². The number of carbonyl (C=O) groups excluding carboxylic acids is 1. The lowest BCUT2D eigenvalue weighted by Gasteiger charge is -2.20. The number of hydrogen-bond acceptors (Lipinski definition) is 5. The molecule has 0 spiro atoms. The molecule has 27 heavy (non-hydrogen) atoms. The van der Waals surface area contributed by atoms with E-state index in [-0.39, 0.29) is 23.2 Å². The highest BCUT2D eigenvalue weighted by molar-refractivity contribution is 7.92. The van der Waals surface area contributed by atoms with Crippen molar-refractivity contribution in [3.05, 3.63) is 53.6 Å². The van der Waals surface area contributed by atoms with Crippen LogP contribution in [0.1, 0.15) is 35.3 Å². The number of carbonyl (C=O) groups is 1. The normalized spacial score (nSPS) is 12.1. The summed E-state index contributed by atoms with van der Waals surface area (Å²) in [6.45, 7) is 1.95. The minimum Gasteiger partial charge on any atom is -0.493 e. The second-order valence-corrected chi connectivity index (χ2v) is 7.72. The highest BCUT2D eigenvalue weighted by atomic mass is 32.2. The average Bonchev–Trinajstić information content (AvgIpc) is 2.64. The molecule has 0 radical (unpaired) electrons. The van der Waals surface area contributed by atoms with Crippen molar-refractivity contribution >= 4 is 21.6 Å². The fraction of sp³-hybridized carbons (Fsp3) is 0.316. The van der Waals surface area contributed by atoms with Gasteiger partial charge >= 0.3 is 0 Å². The number of anilines is 1. The number of nitrogens with one attached hydrogen (secondary N) is 2. The maximum Gasteiger partial charge on any atom is 0.253 e. The molecule has 8 heteroatoms. The second kappa shape index (κ2) is 8.77. The Morgan fingerprint density at radius 3 is 2.33 bits per heavy atom. The van der Waals surface area contributed by atoms with Crippen LogP contribution < -0.4 is 19.5 Å². The lowest BCUT2D eigenvalue weighted by atomic mass is 10.0. The lowest BCUT2D eigenvalue weighted by Crippen LogP contribution is -2.29. The second-order valence-electron chi connectivity index (χ2n) is 5.97. The van der Waals surface area contributed by atoms with Crippen molar-refractivity contribution in [3.63, 3.8) is 0 Å². The first-order chi connectivity index (χ1) is 12.8. The molecule has 1 amide bonds. The number of amides is 1. The standard InChI is InChI=1S/C19H24N2O5S/c1-5-15(13-10-11-17(25-2)18(12-13)26-3)20-19(22)14-8-6-7-9-16(14)21-27(4,23)24/h6-12,15,21H,5H2,1-4H3,(H,20,22)/t15-/m0/s1. The first-order valence-corrected chi connectivity index (χ1v) is 10.3. The van der Waals surface area contributed by atoms with Gasteiger partial charge in [0.15, 0.2) is 11.5 Å². The molecule has 2 N–H and O–H groups in total. The summed E-state index contributed by atoms with van der Waals surface area (Å²) in [4.78, 5) is 12.8. The molecule has 0 aliphatic carbocycles. The van der Waals surface area contributed by atoms with Gasteiger partial charge in [0, 0.05) is 0 Å². The number of methoxy groups -OCH3 is 2. The van der Waals surface area contributed by atoms with Gasteiger partial charge in [-0.25, -0.2) is 8.42 Å². The third kappa shape index (κ3) is 5.37. The summed E-state index contributed by atoms with van der Waals surface area (Å²) in [6, 6.07) is 11.6. The van der Waals surface area contributed by atoms with Crippen molar-refractivity contribution in [2.75, 3.05) is 25.2 Å². The van der Waals surface area contributed by atoms with E-state index in [0.717, 1.165) is 11.8 Å². The van der Waals surface area contributed by atoms with E-state index in [2.05, 4.69) is 10.0 Å². The van der Waals surface area contributed by atoms with Crippen molar-refractivity contribution in [2.24, 2.45) is 0 Å². The average molecular weight is 392 g/mol. The molecule has 0 aliphatic heterocycles. The van der Waals surface area contributed by atoms with Crippen molar-refractivity contribution in [2.45, 2.75) is 19.4 Å². The molecule has 0 saturated heterocycles. The molecule has 0 bridgehead atoms. The fourth-order valence-electron chi connectivity index (χ4n) is 2.70. The molecule has 146 valence electrons. The zero-order valence-corrected chi connectivity index (χ0v) is 16.6. The summed E-state index contributed by atoms with van der Waals surface area (Å²) < 4.78 is 36.0. The van der Waals surface area contributed by atoms with Gasteiger partial charge in [-0.15, -0.1) is 0 Å². The number of para-hydroxylation sites is 1. The molecule has 0 aromatic heterocycles. The Labute approximate surface area is 159 Å². The Hall–Kier alpha value is -2.74. The van der Waals surface area contributed by atoms with Gasteiger partial charge in [0.1, 0.15) is 0 Å². The van der Waals surface area contributed by atoms with Crippen LogP contribution in [0.15, 0.2) is 42.5 Å². The number of benzene rings is 2. The Morgan fingerprint density at radius 1 is 1.07 bits per heavy atom. The maximum absolute atomic E-state index is 12.8. The Bertz CT molecular complexity index is 912. The quantitative estimate of drug-likeness (QED) is 0.720. The third-order valence-electron chi connectivity index (χ3n) is 3.99. The summed E-state index contributed by atoms with van der Waals surface area (Å²) in [6.07, 6.45) is 1.68. The molecule has 0 fully saturated rings. The van der Waals surface area contributed by atoms with E-state index in [1.165, 1.54) is 0 Å². The van der Waals surface area contributed by atoms with Crippen LogP contribution in [0.25, 0.3) is 0 Å². The van der Waals surface area contributed by atoms with Crippen LogP contribution in [0.3, 0.4) is 0 Å². The molecule has 2 rings (SSSR count). The summed E-state index contributed by atoms with van der Waals surface area (Å²) in [5, 5.41) is 2.94. The molecule has 1 atom stereocenters. The van der Waals surface area contributed by atoms with Crippen molar-refractivity contribution in [3.8, 4) is 11.5 Å². The molecular formula is C19H24N2O5S. The van der Waals surface area contributed by atoms with Crippen LogP contribution in [0.5, 0.6) is 11.5 Å². The van der Waals surface area contributed by atoms with Gasteiger partial charge < -0.3 is 14.8 Å². The van der Waals surface area contributed by atoms with Gasteiger partial charge in [0.05, 0.1) is 37.8 Å². The highest BCUT2D eigenvalue weighted by Crippen LogP contribution is 2.31. The zero-order chi connectivity index (χ0) is 20.0. The zero-order valence-electron chi connectivity index (χ0n) is 15.8. The first kappa shape index (κ1) is 20.6. The van der Waals surface area contributed by atoms with Crippen LogP contribution >= 0.6 is 0 Å². The Morgan fingerprint density at radius 2 is 1.74 bits per heavy atom. The van der Waals surface area contributed by atoms with Gasteiger partial charge in [-0.2, -0.15) is 0 Å². The predicted molar refractivity (Wildman–Crippen MR) is 105 cm³/mol. The summed E-state index contributed by atoms with van der Waals surface area (Å²) in [5.41, 5.74) is 1.35. The molecule has 7 nitrogen and oxygen atoms in total. The molecule has 2 aromatic rings. The monoisotopic (exact) mass is 392 g/mol. The fourth-order valence-corrected chi connectivity index (χ4v) is 3.27. The van der Waals surface area contributed by atoms with E-state index in [0.29, 0.717) is 17.9 Å². The van der Waals surface area contributed by atoms with E-state index >= 15 is 0 Å². The van der Waals surface area contributed by atoms with Gasteiger partial charge in [0.2, 0.25) is 10.0 Å². The SMILES string of the molecule is CC[C@H](NC(=O)c1ccccc1NS(C)(=O)=O)c1ccc(OC)c(OC)c1. The maximum atomic E-state index is 12.8. The van der Waals surface area contributed by atoms with Gasteiger partial charge in [-0.1, -0.05) is 25.1 Å². The molecule has 0 heterocycles. The summed E-state index contributed by atoms with van der Waals surface area (Å²) in [7, 11) is -0.389. The van der Waals surface area contributed by atoms with Crippen LogP contribution in [-0.2, 0) is 10.0 Å². The molecule has 0 saturated carbocycles. The number of sulfonamides is 1. The minimum absolute atomic E-state index is 0.236. The van der Waals surface area contributed by atoms with E-state index < -0.39 is 10.0 Å². The predicted octanol–water partition coefficient (Wildman–Crippen LogP) is 2.96. The summed E-state index contributed by atoms with van der Waals surface area (Å²) in [5.74, 6) is 0.801. The van der Waals surface area contributed by atoms with Crippen LogP contribution in [0.2, 0.25) is 0 Å². The number of hydrogen-bond donors (Lipinski definition) is 2. The van der Waals surface area contributed by atoms with Gasteiger partial charge in [0.25, 0.3) is 5.91 Å². The van der Waals surface area contributed by atoms with Gasteiger partial charge in [-0.05, 0) is 36.2 Å². The Balaban J connectivity index is 2.28. The summed E-state index contributed by atoms with van der Waals surface area (Å²) >= 11 is 0. The minimum atomic E-state index is -3.50. The lowest BCUT2D eigenvalue weighted by molar-refractivity contribution is 0.0936. The number of ether oxygens (including phenoxy) is 2. The van der Waals surface area contributed by atoms with Crippen LogP contribution in [0.4, 0.5) is 5.69 Å². The van der Waals surface area contributed by atoms with Crippen LogP contribution in [0, 0.1) is 0 Å². The smallest absolute Gasteiger partial charge is 0.253 e. The van der Waals surface area contributed by atoms with E-state index in [4.69, 9.17) is 9.47 Å². The van der Waals surface area contributed by atoms with Crippen LogP contribution in [-0.4, -0.2) is 34.8 Å². The van der Waals surface area contributed by atoms with Crippen molar-refractivity contribution in [1.82, 2.24) is 5.32 Å². The van der Waals surface area contributed by atoms with E-state index in [1.807, 2.05) is 19.1 Å². The van der Waals surface area contributed by atoms with Crippen molar-refractivity contribution in [1.29, 1.82) is 0 Å². The number of rotatable bonds is 8. The molecule has 2 aromatic carbocycles. The van der Waals surface area contributed by atoms with Crippen molar-refractivity contribution < 1.29 is 22.7 Å². The largest absolute Gasteiger partial charge is 0.493 e. The molecular weight excluding hydrogens is 368 g/mol. The third-order valence-corrected chi connectivity index (χ3v) is 4.58. The van der Waals surface area contributed by atoms with Gasteiger partial charge in [-0.3, -0.25) is 9.52 Å². The first-order valence-electron chi connectivity index (χ1n) is 8.38. The molecule has 0 unspecified atom stereocenters.